The van der Waals surface area contributed by atoms with E-state index < -0.39 is 6.04 Å². The summed E-state index contributed by atoms with van der Waals surface area (Å²) in [5, 5.41) is 11.4. The third kappa shape index (κ3) is 3.14. The second kappa shape index (κ2) is 6.57. The van der Waals surface area contributed by atoms with E-state index in [0.29, 0.717) is 5.69 Å². The van der Waals surface area contributed by atoms with Crippen molar-refractivity contribution in [1.82, 2.24) is 15.2 Å². The molecule has 0 amide bonds. The highest BCUT2D eigenvalue weighted by Gasteiger charge is 2.14. The van der Waals surface area contributed by atoms with Crippen LogP contribution in [-0.2, 0) is 0 Å². The van der Waals surface area contributed by atoms with Gasteiger partial charge in [-0.25, -0.2) is 4.39 Å². The third-order valence-corrected chi connectivity index (χ3v) is 4.25. The van der Waals surface area contributed by atoms with E-state index in [1.165, 1.54) is 12.1 Å². The third-order valence-electron chi connectivity index (χ3n) is 4.25. The smallest absolute Gasteiger partial charge is 0.152 e. The van der Waals surface area contributed by atoms with E-state index in [1.54, 1.807) is 12.1 Å². The lowest BCUT2D eigenvalue weighted by Gasteiger charge is -2.15. The van der Waals surface area contributed by atoms with Crippen LogP contribution in [0.2, 0.25) is 0 Å². The van der Waals surface area contributed by atoms with Crippen molar-refractivity contribution < 1.29 is 4.39 Å². The van der Waals surface area contributed by atoms with Gasteiger partial charge in [0.25, 0.3) is 0 Å². The minimum absolute atomic E-state index is 0.288. The van der Waals surface area contributed by atoms with E-state index in [4.69, 9.17) is 10.7 Å². The number of nitrogens with zero attached hydrogens (tertiary/aromatic N) is 2. The average Bonchev–Trinajstić information content (AvgIpc) is 3.06. The predicted molar refractivity (Wildman–Crippen MR) is 101 cm³/mol. The van der Waals surface area contributed by atoms with Crippen LogP contribution in [0.1, 0.15) is 23.0 Å². The zero-order chi connectivity index (χ0) is 18.1. The van der Waals surface area contributed by atoms with Gasteiger partial charge in [0.2, 0.25) is 0 Å². The summed E-state index contributed by atoms with van der Waals surface area (Å²) in [5.41, 5.74) is 10.6. The van der Waals surface area contributed by atoms with Crippen LogP contribution in [0.4, 0.5) is 15.9 Å². The Morgan fingerprint density at radius 3 is 2.58 bits per heavy atom. The monoisotopic (exact) mass is 347 g/mol. The number of H-pyrrole nitrogens is 1. The van der Waals surface area contributed by atoms with Crippen LogP contribution in [-0.4, -0.2) is 15.2 Å². The molecule has 0 aliphatic carbocycles. The number of anilines is 2. The zero-order valence-electron chi connectivity index (χ0n) is 14.2. The number of benzene rings is 2. The molecule has 4 aromatic rings. The largest absolute Gasteiger partial charge is 0.338 e. The Hall–Kier alpha value is -3.25. The van der Waals surface area contributed by atoms with E-state index >= 15 is 0 Å². The normalized spacial score (nSPS) is 12.3. The lowest BCUT2D eigenvalue weighted by Crippen LogP contribution is -2.14. The van der Waals surface area contributed by atoms with Crippen LogP contribution in [0.25, 0.3) is 10.9 Å². The lowest BCUT2D eigenvalue weighted by molar-refractivity contribution is 0.626. The molecule has 4 N–H and O–H groups in total. The summed E-state index contributed by atoms with van der Waals surface area (Å²) < 4.78 is 13.2. The van der Waals surface area contributed by atoms with Gasteiger partial charge in [-0.15, -0.1) is 0 Å². The van der Waals surface area contributed by atoms with Crippen molar-refractivity contribution in [2.24, 2.45) is 5.73 Å². The summed E-state index contributed by atoms with van der Waals surface area (Å²) in [6.45, 7) is 1.94. The fourth-order valence-corrected chi connectivity index (χ4v) is 2.92. The summed E-state index contributed by atoms with van der Waals surface area (Å²) in [5.74, 6) is 0.434. The molecule has 0 fully saturated rings. The maximum Gasteiger partial charge on any atom is 0.152 e. The number of fused-ring (bicyclic) bond motifs is 1. The Bertz CT molecular complexity index is 1060. The van der Waals surface area contributed by atoms with Gasteiger partial charge in [0, 0.05) is 17.1 Å². The minimum Gasteiger partial charge on any atom is -0.338 e. The Kier molecular flexibility index (Phi) is 4.10. The molecule has 130 valence electrons. The first-order valence-electron chi connectivity index (χ1n) is 8.30. The molecular formula is C20H18FN5. The molecular weight excluding hydrogens is 329 g/mol. The second-order valence-electron chi connectivity index (χ2n) is 6.20. The van der Waals surface area contributed by atoms with Gasteiger partial charge in [-0.05, 0) is 36.8 Å². The number of hydrogen-bond donors (Lipinski definition) is 3. The molecule has 0 radical (unpaired) electrons. The Labute approximate surface area is 150 Å². The molecule has 4 rings (SSSR count). The molecule has 2 aromatic heterocycles. The maximum atomic E-state index is 13.2. The van der Waals surface area contributed by atoms with Crippen molar-refractivity contribution in [2.75, 3.05) is 5.32 Å². The quantitative estimate of drug-likeness (QED) is 0.517. The fourth-order valence-electron chi connectivity index (χ4n) is 2.92. The van der Waals surface area contributed by atoms with Crippen molar-refractivity contribution >= 4 is 22.4 Å². The summed E-state index contributed by atoms with van der Waals surface area (Å²) in [6, 6.07) is 17.4. The lowest BCUT2D eigenvalue weighted by atomic mass is 10.0. The number of rotatable bonds is 4. The Morgan fingerprint density at radius 2 is 1.85 bits per heavy atom. The SMILES string of the molecule is Cc1cc(Nc2cc(C(N)c3ccc(F)cc3)nc3ccccc23)n[nH]1. The molecule has 2 heterocycles. The predicted octanol–water partition coefficient (Wildman–Crippen LogP) is 4.20. The van der Waals surface area contributed by atoms with E-state index in [0.717, 1.165) is 33.7 Å². The molecule has 26 heavy (non-hydrogen) atoms. The van der Waals surface area contributed by atoms with Crippen molar-refractivity contribution in [2.45, 2.75) is 13.0 Å². The van der Waals surface area contributed by atoms with Crippen molar-refractivity contribution in [1.29, 1.82) is 0 Å². The first-order valence-corrected chi connectivity index (χ1v) is 8.30. The molecule has 1 unspecified atom stereocenters. The molecule has 0 saturated heterocycles. The number of aromatic nitrogens is 3. The van der Waals surface area contributed by atoms with Gasteiger partial charge in [-0.2, -0.15) is 5.10 Å². The maximum absolute atomic E-state index is 13.2. The summed E-state index contributed by atoms with van der Waals surface area (Å²) >= 11 is 0. The Balaban J connectivity index is 1.79. The fraction of sp³-hybridized carbons (Fsp3) is 0.100. The van der Waals surface area contributed by atoms with Crippen LogP contribution in [0.15, 0.2) is 60.7 Å². The molecule has 0 spiro atoms. The van der Waals surface area contributed by atoms with Gasteiger partial charge in [-0.1, -0.05) is 30.3 Å². The number of pyridine rings is 1. The van der Waals surface area contributed by atoms with Gasteiger partial charge in [0.05, 0.1) is 22.9 Å². The molecule has 6 heteroatoms. The number of aromatic amines is 1. The summed E-state index contributed by atoms with van der Waals surface area (Å²) in [6.07, 6.45) is 0. The molecule has 0 saturated carbocycles. The van der Waals surface area contributed by atoms with Gasteiger partial charge in [0.15, 0.2) is 5.82 Å². The highest BCUT2D eigenvalue weighted by molar-refractivity contribution is 5.93. The number of aryl methyl sites for hydroxylation is 1. The first kappa shape index (κ1) is 16.2. The van der Waals surface area contributed by atoms with Crippen LogP contribution in [0.3, 0.4) is 0 Å². The van der Waals surface area contributed by atoms with Crippen LogP contribution < -0.4 is 11.1 Å². The number of nitrogens with one attached hydrogen (secondary N) is 2. The molecule has 0 bridgehead atoms. The van der Waals surface area contributed by atoms with E-state index in [1.807, 2.05) is 43.3 Å². The van der Waals surface area contributed by atoms with Gasteiger partial charge < -0.3 is 11.1 Å². The Morgan fingerprint density at radius 1 is 1.08 bits per heavy atom. The summed E-state index contributed by atoms with van der Waals surface area (Å²) in [7, 11) is 0. The zero-order valence-corrected chi connectivity index (χ0v) is 14.2. The number of hydrogen-bond acceptors (Lipinski definition) is 4. The van der Waals surface area contributed by atoms with Gasteiger partial charge in [-0.3, -0.25) is 10.1 Å². The van der Waals surface area contributed by atoms with Gasteiger partial charge in [0.1, 0.15) is 5.82 Å². The molecule has 0 aliphatic rings. The number of halogens is 1. The molecule has 5 nitrogen and oxygen atoms in total. The van der Waals surface area contributed by atoms with E-state index in [-0.39, 0.29) is 5.82 Å². The van der Waals surface area contributed by atoms with Crippen molar-refractivity contribution in [3.63, 3.8) is 0 Å². The molecule has 1 atom stereocenters. The number of nitrogens with two attached hydrogens (primary N) is 1. The van der Waals surface area contributed by atoms with Gasteiger partial charge >= 0.3 is 0 Å². The molecule has 0 aliphatic heterocycles. The average molecular weight is 347 g/mol. The summed E-state index contributed by atoms with van der Waals surface area (Å²) in [4.78, 5) is 4.69. The van der Waals surface area contributed by atoms with Crippen molar-refractivity contribution in [3.8, 4) is 0 Å². The number of para-hydroxylation sites is 1. The first-order chi connectivity index (χ1) is 12.6. The van der Waals surface area contributed by atoms with E-state index in [2.05, 4.69) is 15.5 Å². The topological polar surface area (TPSA) is 79.6 Å². The van der Waals surface area contributed by atoms with Crippen LogP contribution >= 0.6 is 0 Å². The van der Waals surface area contributed by atoms with E-state index in [9.17, 15) is 4.39 Å². The highest BCUT2D eigenvalue weighted by Crippen LogP contribution is 2.29. The van der Waals surface area contributed by atoms with Crippen LogP contribution in [0, 0.1) is 12.7 Å². The van der Waals surface area contributed by atoms with Crippen molar-refractivity contribution in [3.05, 3.63) is 83.4 Å². The standard InChI is InChI=1S/C20H18FN5/c1-12-10-19(26-25-12)24-17-11-18(23-16-5-3-2-4-15(16)17)20(22)13-6-8-14(21)9-7-13/h2-11,20H,22H2,1H3,(H2,23,24,25,26). The molecule has 2 aromatic carbocycles. The highest BCUT2D eigenvalue weighted by atomic mass is 19.1. The van der Waals surface area contributed by atoms with Crippen LogP contribution in [0.5, 0.6) is 0 Å². The minimum atomic E-state index is -0.457. The second-order valence-corrected chi connectivity index (χ2v) is 6.20.